The summed E-state index contributed by atoms with van der Waals surface area (Å²) in [5.74, 6) is -0.161. The van der Waals surface area contributed by atoms with E-state index >= 15 is 0 Å². The van der Waals surface area contributed by atoms with E-state index in [2.05, 4.69) is 21.2 Å². The van der Waals surface area contributed by atoms with E-state index < -0.39 is 5.54 Å². The summed E-state index contributed by atoms with van der Waals surface area (Å²) in [6, 6.07) is 7.99. The second-order valence-corrected chi connectivity index (χ2v) is 5.23. The third-order valence-electron chi connectivity index (χ3n) is 3.27. The number of methoxy groups -OCH3 is 1. The van der Waals surface area contributed by atoms with Crippen LogP contribution in [0.15, 0.2) is 28.7 Å². The van der Waals surface area contributed by atoms with Crippen molar-refractivity contribution in [3.8, 4) is 0 Å². The van der Waals surface area contributed by atoms with Gasteiger partial charge in [0.25, 0.3) is 0 Å². The van der Waals surface area contributed by atoms with Gasteiger partial charge in [0.2, 0.25) is 0 Å². The highest BCUT2D eigenvalue weighted by molar-refractivity contribution is 9.10. The van der Waals surface area contributed by atoms with Gasteiger partial charge in [0.05, 0.1) is 7.11 Å². The molecule has 92 valence electrons. The number of hydrogen-bond donors (Lipinski definition) is 1. The van der Waals surface area contributed by atoms with E-state index in [1.807, 2.05) is 24.3 Å². The lowest BCUT2D eigenvalue weighted by atomic mass is 9.89. The molecular formula is C13H16BrNO2. The van der Waals surface area contributed by atoms with Crippen LogP contribution in [0, 0.1) is 0 Å². The first-order valence-corrected chi connectivity index (χ1v) is 6.54. The van der Waals surface area contributed by atoms with Gasteiger partial charge in [-0.3, -0.25) is 4.79 Å². The zero-order chi connectivity index (χ0) is 12.3. The summed E-state index contributed by atoms with van der Waals surface area (Å²) in [6.45, 7) is 0.875. The largest absolute Gasteiger partial charge is 0.468 e. The first-order valence-electron chi connectivity index (χ1n) is 5.75. The van der Waals surface area contributed by atoms with Crippen molar-refractivity contribution in [1.29, 1.82) is 0 Å². The normalized spacial score (nSPS) is 23.6. The zero-order valence-corrected chi connectivity index (χ0v) is 11.4. The van der Waals surface area contributed by atoms with Gasteiger partial charge in [-0.2, -0.15) is 0 Å². The molecule has 1 unspecified atom stereocenters. The molecule has 4 heteroatoms. The van der Waals surface area contributed by atoms with E-state index in [0.29, 0.717) is 6.42 Å². The van der Waals surface area contributed by atoms with E-state index in [-0.39, 0.29) is 5.97 Å². The van der Waals surface area contributed by atoms with Crippen molar-refractivity contribution >= 4 is 21.9 Å². The van der Waals surface area contributed by atoms with E-state index in [9.17, 15) is 4.79 Å². The Morgan fingerprint density at radius 2 is 2.29 bits per heavy atom. The standard InChI is InChI=1S/C13H16BrNO2/c1-17-12(16)13(7-4-8-15-13)9-10-5-2-3-6-11(10)14/h2-3,5-6,15H,4,7-9H2,1H3. The summed E-state index contributed by atoms with van der Waals surface area (Å²) in [4.78, 5) is 12.0. The lowest BCUT2D eigenvalue weighted by molar-refractivity contribution is -0.148. The van der Waals surface area contributed by atoms with Crippen LogP contribution in [0.5, 0.6) is 0 Å². The van der Waals surface area contributed by atoms with Gasteiger partial charge in [-0.25, -0.2) is 0 Å². The molecule has 1 aromatic carbocycles. The predicted molar refractivity (Wildman–Crippen MR) is 69.8 cm³/mol. The molecule has 0 spiro atoms. The topological polar surface area (TPSA) is 38.3 Å². The van der Waals surface area contributed by atoms with Gasteiger partial charge >= 0.3 is 5.97 Å². The Kier molecular flexibility index (Phi) is 3.84. The van der Waals surface area contributed by atoms with Crippen molar-refractivity contribution in [2.24, 2.45) is 0 Å². The monoisotopic (exact) mass is 297 g/mol. The van der Waals surface area contributed by atoms with Gasteiger partial charge in [0.1, 0.15) is 5.54 Å². The van der Waals surface area contributed by atoms with Crippen molar-refractivity contribution in [3.05, 3.63) is 34.3 Å². The van der Waals surface area contributed by atoms with Crippen molar-refractivity contribution in [1.82, 2.24) is 5.32 Å². The molecule has 0 aliphatic carbocycles. The Balaban J connectivity index is 2.25. The summed E-state index contributed by atoms with van der Waals surface area (Å²) in [6.07, 6.45) is 2.52. The number of esters is 1. The first-order chi connectivity index (χ1) is 8.18. The third-order valence-corrected chi connectivity index (χ3v) is 4.04. The highest BCUT2D eigenvalue weighted by Crippen LogP contribution is 2.28. The van der Waals surface area contributed by atoms with Crippen LogP contribution in [0.1, 0.15) is 18.4 Å². The second kappa shape index (κ2) is 5.19. The second-order valence-electron chi connectivity index (χ2n) is 4.37. The van der Waals surface area contributed by atoms with Crippen LogP contribution in [0.4, 0.5) is 0 Å². The minimum absolute atomic E-state index is 0.161. The number of ether oxygens (including phenoxy) is 1. The number of benzene rings is 1. The van der Waals surface area contributed by atoms with Crippen molar-refractivity contribution < 1.29 is 9.53 Å². The smallest absolute Gasteiger partial charge is 0.326 e. The molecule has 1 N–H and O–H groups in total. The van der Waals surface area contributed by atoms with E-state index in [1.54, 1.807) is 0 Å². The van der Waals surface area contributed by atoms with Crippen molar-refractivity contribution in [2.75, 3.05) is 13.7 Å². The molecule has 1 saturated heterocycles. The van der Waals surface area contributed by atoms with Gasteiger partial charge in [0.15, 0.2) is 0 Å². The summed E-state index contributed by atoms with van der Waals surface area (Å²) >= 11 is 3.52. The maximum absolute atomic E-state index is 12.0. The van der Waals surface area contributed by atoms with E-state index in [4.69, 9.17) is 4.74 Å². The molecule has 1 fully saturated rings. The number of carbonyl (C=O) groups is 1. The molecule has 0 saturated carbocycles. The quantitative estimate of drug-likeness (QED) is 0.870. The zero-order valence-electron chi connectivity index (χ0n) is 9.83. The van der Waals surface area contributed by atoms with Crippen molar-refractivity contribution in [3.63, 3.8) is 0 Å². The van der Waals surface area contributed by atoms with Gasteiger partial charge in [-0.05, 0) is 31.0 Å². The number of halogens is 1. The van der Waals surface area contributed by atoms with Gasteiger partial charge in [0, 0.05) is 10.9 Å². The fourth-order valence-electron chi connectivity index (χ4n) is 2.37. The molecule has 0 aromatic heterocycles. The SMILES string of the molecule is COC(=O)C1(Cc2ccccc2Br)CCCN1. The van der Waals surface area contributed by atoms with E-state index in [0.717, 1.165) is 29.4 Å². The van der Waals surface area contributed by atoms with Crippen LogP contribution in [-0.2, 0) is 16.0 Å². The molecule has 2 rings (SSSR count). The van der Waals surface area contributed by atoms with E-state index in [1.165, 1.54) is 7.11 Å². The predicted octanol–water partition coefficient (Wildman–Crippen LogP) is 2.29. The van der Waals surface area contributed by atoms with Crippen LogP contribution in [-0.4, -0.2) is 25.2 Å². The third kappa shape index (κ3) is 2.53. The molecule has 1 atom stereocenters. The number of rotatable bonds is 3. The summed E-state index contributed by atoms with van der Waals surface area (Å²) in [7, 11) is 1.45. The molecule has 1 aliphatic rings. The average molecular weight is 298 g/mol. The molecule has 0 amide bonds. The van der Waals surface area contributed by atoms with Gasteiger partial charge < -0.3 is 10.1 Å². The number of hydrogen-bond acceptors (Lipinski definition) is 3. The molecule has 3 nitrogen and oxygen atoms in total. The Bertz CT molecular complexity index is 414. The van der Waals surface area contributed by atoms with Gasteiger partial charge in [-0.15, -0.1) is 0 Å². The number of carbonyl (C=O) groups excluding carboxylic acids is 1. The molecule has 0 radical (unpaired) electrons. The minimum Gasteiger partial charge on any atom is -0.468 e. The molecule has 0 bridgehead atoms. The summed E-state index contributed by atoms with van der Waals surface area (Å²) in [5, 5.41) is 3.30. The molecular weight excluding hydrogens is 282 g/mol. The van der Waals surface area contributed by atoms with Crippen LogP contribution in [0.3, 0.4) is 0 Å². The Labute approximate surface area is 110 Å². The lowest BCUT2D eigenvalue weighted by Crippen LogP contribution is -2.50. The molecule has 17 heavy (non-hydrogen) atoms. The maximum Gasteiger partial charge on any atom is 0.326 e. The summed E-state index contributed by atoms with van der Waals surface area (Å²) in [5.41, 5.74) is 0.589. The fourth-order valence-corrected chi connectivity index (χ4v) is 2.79. The number of nitrogens with one attached hydrogen (secondary N) is 1. The Morgan fingerprint density at radius 3 is 2.88 bits per heavy atom. The Hall–Kier alpha value is -0.870. The average Bonchev–Trinajstić information content (AvgIpc) is 2.81. The molecule has 1 heterocycles. The highest BCUT2D eigenvalue weighted by Gasteiger charge is 2.42. The van der Waals surface area contributed by atoms with Crippen LogP contribution >= 0.6 is 15.9 Å². The molecule has 1 aromatic rings. The molecule has 1 aliphatic heterocycles. The Morgan fingerprint density at radius 1 is 1.53 bits per heavy atom. The van der Waals surface area contributed by atoms with Crippen LogP contribution in [0.2, 0.25) is 0 Å². The first kappa shape index (κ1) is 12.6. The van der Waals surface area contributed by atoms with Gasteiger partial charge in [-0.1, -0.05) is 34.1 Å². The van der Waals surface area contributed by atoms with Crippen molar-refractivity contribution in [2.45, 2.75) is 24.8 Å². The van der Waals surface area contributed by atoms with Crippen LogP contribution < -0.4 is 5.32 Å². The summed E-state index contributed by atoms with van der Waals surface area (Å²) < 4.78 is 5.97. The van der Waals surface area contributed by atoms with Crippen LogP contribution in [0.25, 0.3) is 0 Å². The maximum atomic E-state index is 12.0. The minimum atomic E-state index is -0.543. The lowest BCUT2D eigenvalue weighted by Gasteiger charge is -2.26. The fraction of sp³-hybridized carbons (Fsp3) is 0.462. The highest BCUT2D eigenvalue weighted by atomic mass is 79.9.